The fourth-order valence-electron chi connectivity index (χ4n) is 4.03. The van der Waals surface area contributed by atoms with E-state index >= 15 is 0 Å². The van der Waals surface area contributed by atoms with Gasteiger partial charge < -0.3 is 30.3 Å². The molecule has 3 heterocycles. The first-order chi connectivity index (χ1) is 17.0. The van der Waals surface area contributed by atoms with Gasteiger partial charge in [0.25, 0.3) is 0 Å². The SMILES string of the molecule is O=C1CCc2c(Oc3cc(NC(=O)Nc4cccc(N5CCOCC5)c4)ccc3I)ccnc2N1. The van der Waals surface area contributed by atoms with Gasteiger partial charge in [-0.15, -0.1) is 0 Å². The van der Waals surface area contributed by atoms with Crippen LogP contribution in [0.5, 0.6) is 11.5 Å². The van der Waals surface area contributed by atoms with Gasteiger partial charge in [0.05, 0.1) is 16.8 Å². The molecular weight excluding hydrogens is 561 g/mol. The highest BCUT2D eigenvalue weighted by atomic mass is 127. The summed E-state index contributed by atoms with van der Waals surface area (Å²) in [6.45, 7) is 3.06. The fourth-order valence-corrected chi connectivity index (χ4v) is 4.47. The van der Waals surface area contributed by atoms with Gasteiger partial charge in [-0.2, -0.15) is 0 Å². The molecule has 2 aliphatic rings. The molecule has 0 spiro atoms. The Bertz CT molecular complexity index is 1260. The van der Waals surface area contributed by atoms with Crippen LogP contribution in [-0.2, 0) is 16.0 Å². The van der Waals surface area contributed by atoms with Gasteiger partial charge in [-0.3, -0.25) is 4.79 Å². The minimum atomic E-state index is -0.347. The van der Waals surface area contributed by atoms with Crippen molar-refractivity contribution in [1.82, 2.24) is 4.98 Å². The molecule has 35 heavy (non-hydrogen) atoms. The molecule has 3 amide bonds. The van der Waals surface area contributed by atoms with Crippen molar-refractivity contribution in [3.05, 3.63) is 63.9 Å². The largest absolute Gasteiger partial charge is 0.456 e. The van der Waals surface area contributed by atoms with Crippen molar-refractivity contribution in [2.24, 2.45) is 0 Å². The standard InChI is InChI=1S/C25H24IN5O4/c26-20-6-4-17(15-22(20)35-21-8-9-27-24-19(21)5-7-23(32)30-24)29-25(33)28-16-2-1-3-18(14-16)31-10-12-34-13-11-31/h1-4,6,8-9,14-15H,5,7,10-13H2,(H,27,30,32)(H2,28,29,33). The lowest BCUT2D eigenvalue weighted by atomic mass is 10.1. The van der Waals surface area contributed by atoms with Crippen molar-refractivity contribution in [2.75, 3.05) is 47.2 Å². The molecule has 0 aliphatic carbocycles. The van der Waals surface area contributed by atoms with Crippen LogP contribution in [0.25, 0.3) is 0 Å². The summed E-state index contributed by atoms with van der Waals surface area (Å²) >= 11 is 2.19. The molecule has 5 rings (SSSR count). The van der Waals surface area contributed by atoms with Gasteiger partial charge in [0.15, 0.2) is 0 Å². The third-order valence-electron chi connectivity index (χ3n) is 5.76. The van der Waals surface area contributed by atoms with Crippen LogP contribution < -0.4 is 25.6 Å². The molecule has 2 aliphatic heterocycles. The van der Waals surface area contributed by atoms with E-state index in [2.05, 4.69) is 48.4 Å². The number of amides is 3. The number of benzene rings is 2. The predicted molar refractivity (Wildman–Crippen MR) is 143 cm³/mol. The average molecular weight is 585 g/mol. The lowest BCUT2D eigenvalue weighted by Gasteiger charge is -2.29. The molecule has 3 aromatic rings. The Hall–Kier alpha value is -3.38. The van der Waals surface area contributed by atoms with Gasteiger partial charge in [0.1, 0.15) is 17.3 Å². The second kappa shape index (κ2) is 10.5. The van der Waals surface area contributed by atoms with E-state index in [9.17, 15) is 9.59 Å². The number of pyridine rings is 1. The number of nitrogens with one attached hydrogen (secondary N) is 3. The molecule has 9 nitrogen and oxygen atoms in total. The van der Waals surface area contributed by atoms with Crippen LogP contribution in [0.3, 0.4) is 0 Å². The van der Waals surface area contributed by atoms with Crippen LogP contribution in [0, 0.1) is 3.57 Å². The summed E-state index contributed by atoms with van der Waals surface area (Å²) in [5.74, 6) is 1.71. The number of aromatic nitrogens is 1. The zero-order chi connectivity index (χ0) is 24.2. The van der Waals surface area contributed by atoms with Gasteiger partial charge in [0.2, 0.25) is 5.91 Å². The second-order valence-corrected chi connectivity index (χ2v) is 9.32. The fraction of sp³-hybridized carbons (Fsp3) is 0.240. The molecule has 1 saturated heterocycles. The molecule has 0 saturated carbocycles. The van der Waals surface area contributed by atoms with Gasteiger partial charge in [-0.1, -0.05) is 6.07 Å². The maximum atomic E-state index is 12.7. The highest BCUT2D eigenvalue weighted by molar-refractivity contribution is 14.1. The van der Waals surface area contributed by atoms with Gasteiger partial charge in [-0.05, 0) is 65.4 Å². The van der Waals surface area contributed by atoms with Crippen LogP contribution in [0.2, 0.25) is 0 Å². The molecule has 0 bridgehead atoms. The number of ether oxygens (including phenoxy) is 2. The monoisotopic (exact) mass is 585 g/mol. The number of urea groups is 1. The zero-order valence-corrected chi connectivity index (χ0v) is 21.0. The van der Waals surface area contributed by atoms with Gasteiger partial charge >= 0.3 is 6.03 Å². The maximum Gasteiger partial charge on any atom is 0.323 e. The summed E-state index contributed by atoms with van der Waals surface area (Å²) in [5, 5.41) is 8.55. The first-order valence-electron chi connectivity index (χ1n) is 11.3. The lowest BCUT2D eigenvalue weighted by Crippen LogP contribution is -2.36. The summed E-state index contributed by atoms with van der Waals surface area (Å²) in [6.07, 6.45) is 2.55. The Morgan fingerprint density at radius 3 is 2.66 bits per heavy atom. The third-order valence-corrected chi connectivity index (χ3v) is 6.65. The molecule has 0 unspecified atom stereocenters. The summed E-state index contributed by atoms with van der Waals surface area (Å²) in [5.41, 5.74) is 3.21. The summed E-state index contributed by atoms with van der Waals surface area (Å²) in [6, 6.07) is 14.7. The molecule has 10 heteroatoms. The van der Waals surface area contributed by atoms with Crippen LogP contribution in [0.4, 0.5) is 27.7 Å². The van der Waals surface area contributed by atoms with Crippen molar-refractivity contribution in [3.63, 3.8) is 0 Å². The number of fused-ring (bicyclic) bond motifs is 1. The van der Waals surface area contributed by atoms with E-state index in [1.54, 1.807) is 18.3 Å². The quantitative estimate of drug-likeness (QED) is 0.370. The highest BCUT2D eigenvalue weighted by Crippen LogP contribution is 2.35. The molecule has 180 valence electrons. The predicted octanol–water partition coefficient (Wildman–Crippen LogP) is 4.84. The van der Waals surface area contributed by atoms with Crippen molar-refractivity contribution in [3.8, 4) is 11.5 Å². The maximum absolute atomic E-state index is 12.7. The molecule has 2 aromatic carbocycles. The minimum absolute atomic E-state index is 0.0515. The van der Waals surface area contributed by atoms with E-state index < -0.39 is 0 Å². The summed E-state index contributed by atoms with van der Waals surface area (Å²) in [4.78, 5) is 30.9. The van der Waals surface area contributed by atoms with Crippen LogP contribution in [-0.4, -0.2) is 43.2 Å². The molecule has 3 N–H and O–H groups in total. The van der Waals surface area contributed by atoms with Gasteiger partial charge in [0, 0.05) is 54.4 Å². The Balaban J connectivity index is 1.27. The number of hydrogen-bond donors (Lipinski definition) is 3. The number of carbonyl (C=O) groups is 2. The molecule has 0 atom stereocenters. The lowest BCUT2D eigenvalue weighted by molar-refractivity contribution is -0.116. The Kier molecular flexibility index (Phi) is 7.00. The Labute approximate surface area is 216 Å². The average Bonchev–Trinajstić information content (AvgIpc) is 2.86. The molecular formula is C25H24IN5O4. The van der Waals surface area contributed by atoms with E-state index in [4.69, 9.17) is 9.47 Å². The number of nitrogens with zero attached hydrogens (tertiary/aromatic N) is 2. The van der Waals surface area contributed by atoms with E-state index in [0.29, 0.717) is 54.7 Å². The van der Waals surface area contributed by atoms with Crippen molar-refractivity contribution in [1.29, 1.82) is 0 Å². The van der Waals surface area contributed by atoms with E-state index in [1.807, 2.05) is 36.4 Å². The van der Waals surface area contributed by atoms with Gasteiger partial charge in [-0.25, -0.2) is 9.78 Å². The number of carbonyl (C=O) groups excluding carboxylic acids is 2. The molecule has 0 radical (unpaired) electrons. The number of morpholine rings is 1. The van der Waals surface area contributed by atoms with Crippen LogP contribution in [0.15, 0.2) is 54.7 Å². The Morgan fingerprint density at radius 2 is 1.83 bits per heavy atom. The third kappa shape index (κ3) is 5.65. The zero-order valence-electron chi connectivity index (χ0n) is 18.8. The summed E-state index contributed by atoms with van der Waals surface area (Å²) < 4.78 is 12.5. The van der Waals surface area contributed by atoms with E-state index in [-0.39, 0.29) is 11.9 Å². The van der Waals surface area contributed by atoms with Crippen LogP contribution in [0.1, 0.15) is 12.0 Å². The van der Waals surface area contributed by atoms with Crippen molar-refractivity contribution < 1.29 is 19.1 Å². The first-order valence-corrected chi connectivity index (χ1v) is 12.4. The minimum Gasteiger partial charge on any atom is -0.456 e. The molecule has 1 fully saturated rings. The van der Waals surface area contributed by atoms with Crippen molar-refractivity contribution in [2.45, 2.75) is 12.8 Å². The normalized spacial score (nSPS) is 15.1. The Morgan fingerprint density at radius 1 is 1.03 bits per heavy atom. The number of halogens is 1. The first kappa shape index (κ1) is 23.4. The molecule has 1 aromatic heterocycles. The second-order valence-electron chi connectivity index (χ2n) is 8.16. The van der Waals surface area contributed by atoms with Crippen molar-refractivity contribution >= 4 is 57.4 Å². The van der Waals surface area contributed by atoms with E-state index in [0.717, 1.165) is 27.9 Å². The smallest absolute Gasteiger partial charge is 0.323 e. The number of hydrogen-bond acceptors (Lipinski definition) is 6. The van der Waals surface area contributed by atoms with Crippen LogP contribution >= 0.6 is 22.6 Å². The topological polar surface area (TPSA) is 105 Å². The highest BCUT2D eigenvalue weighted by Gasteiger charge is 2.20. The van der Waals surface area contributed by atoms with E-state index in [1.165, 1.54) is 0 Å². The summed E-state index contributed by atoms with van der Waals surface area (Å²) in [7, 11) is 0. The number of anilines is 4. The number of rotatable bonds is 5.